The number of fused-ring (bicyclic) bond motifs is 1. The van der Waals surface area contributed by atoms with Gasteiger partial charge in [0.05, 0.1) is 19.8 Å². The standard InChI is InChI=1S/C15H18N4O4/c20-13(21)11-8-12-16-3-4-19(12)14(17-11)18-5-7-23-15(9-18)2-1-6-22-10-15/h3-4,8H,1-2,5-7,9-10H2,(H,20,21). The van der Waals surface area contributed by atoms with Crippen molar-refractivity contribution < 1.29 is 19.4 Å². The molecule has 2 aromatic rings. The summed E-state index contributed by atoms with van der Waals surface area (Å²) >= 11 is 0. The highest BCUT2D eigenvalue weighted by molar-refractivity contribution is 5.87. The Bertz CT molecular complexity index is 733. The van der Waals surface area contributed by atoms with Crippen LogP contribution in [0.15, 0.2) is 18.5 Å². The summed E-state index contributed by atoms with van der Waals surface area (Å²) in [4.78, 5) is 21.9. The Balaban J connectivity index is 1.72. The molecule has 122 valence electrons. The highest BCUT2D eigenvalue weighted by Crippen LogP contribution is 2.30. The minimum Gasteiger partial charge on any atom is -0.477 e. The van der Waals surface area contributed by atoms with Crippen molar-refractivity contribution in [1.82, 2.24) is 14.4 Å². The number of aromatic nitrogens is 3. The number of ether oxygens (including phenoxy) is 2. The predicted molar refractivity (Wildman–Crippen MR) is 80.9 cm³/mol. The second-order valence-corrected chi connectivity index (χ2v) is 6.01. The zero-order valence-corrected chi connectivity index (χ0v) is 12.6. The smallest absolute Gasteiger partial charge is 0.354 e. The number of morpholine rings is 1. The maximum atomic E-state index is 11.3. The summed E-state index contributed by atoms with van der Waals surface area (Å²) < 4.78 is 13.4. The normalized spacial score (nSPS) is 25.1. The molecule has 8 nitrogen and oxygen atoms in total. The zero-order valence-electron chi connectivity index (χ0n) is 12.6. The maximum Gasteiger partial charge on any atom is 0.354 e. The lowest BCUT2D eigenvalue weighted by atomic mass is 9.94. The number of anilines is 1. The van der Waals surface area contributed by atoms with Crippen LogP contribution in [0.5, 0.6) is 0 Å². The molecule has 1 spiro atoms. The number of imidazole rings is 1. The van der Waals surface area contributed by atoms with E-state index in [0.717, 1.165) is 19.4 Å². The van der Waals surface area contributed by atoms with Gasteiger partial charge < -0.3 is 19.5 Å². The summed E-state index contributed by atoms with van der Waals surface area (Å²) in [5, 5.41) is 9.28. The molecule has 4 rings (SSSR count). The Labute approximate surface area is 132 Å². The molecule has 0 aliphatic carbocycles. The van der Waals surface area contributed by atoms with Gasteiger partial charge in [-0.05, 0) is 12.8 Å². The molecule has 2 aliphatic heterocycles. The van der Waals surface area contributed by atoms with E-state index in [0.29, 0.717) is 37.9 Å². The molecule has 2 saturated heterocycles. The molecule has 2 aromatic heterocycles. The highest BCUT2D eigenvalue weighted by atomic mass is 16.5. The van der Waals surface area contributed by atoms with Gasteiger partial charge in [0.1, 0.15) is 11.2 Å². The van der Waals surface area contributed by atoms with Gasteiger partial charge in [-0.25, -0.2) is 14.8 Å². The average Bonchev–Trinajstić information content (AvgIpc) is 3.03. The van der Waals surface area contributed by atoms with Crippen molar-refractivity contribution in [3.8, 4) is 0 Å². The molecular weight excluding hydrogens is 300 g/mol. The molecule has 2 aliphatic rings. The van der Waals surface area contributed by atoms with E-state index in [-0.39, 0.29) is 11.3 Å². The van der Waals surface area contributed by atoms with Crippen LogP contribution >= 0.6 is 0 Å². The fourth-order valence-electron chi connectivity index (χ4n) is 3.32. The van der Waals surface area contributed by atoms with Gasteiger partial charge in [-0.15, -0.1) is 0 Å². The molecule has 2 fully saturated rings. The van der Waals surface area contributed by atoms with Crippen LogP contribution in [-0.4, -0.2) is 64.0 Å². The third-order valence-corrected chi connectivity index (χ3v) is 4.41. The maximum absolute atomic E-state index is 11.3. The molecule has 0 bridgehead atoms. The fourth-order valence-corrected chi connectivity index (χ4v) is 3.32. The first-order valence-electron chi connectivity index (χ1n) is 7.71. The van der Waals surface area contributed by atoms with Gasteiger partial charge in [0.15, 0.2) is 5.69 Å². The molecule has 0 aromatic carbocycles. The van der Waals surface area contributed by atoms with Crippen LogP contribution in [0, 0.1) is 0 Å². The lowest BCUT2D eigenvalue weighted by Gasteiger charge is -2.44. The van der Waals surface area contributed by atoms with Crippen molar-refractivity contribution in [2.45, 2.75) is 18.4 Å². The molecule has 1 N–H and O–H groups in total. The van der Waals surface area contributed by atoms with E-state index in [4.69, 9.17) is 9.47 Å². The first kappa shape index (κ1) is 14.4. The molecular formula is C15H18N4O4. The zero-order chi connectivity index (χ0) is 15.9. The molecule has 0 amide bonds. The van der Waals surface area contributed by atoms with Crippen molar-refractivity contribution in [3.05, 3.63) is 24.2 Å². The van der Waals surface area contributed by atoms with E-state index in [2.05, 4.69) is 14.9 Å². The third-order valence-electron chi connectivity index (χ3n) is 4.41. The number of aromatic carboxylic acids is 1. The quantitative estimate of drug-likeness (QED) is 0.876. The van der Waals surface area contributed by atoms with Crippen molar-refractivity contribution in [2.75, 3.05) is 37.8 Å². The molecule has 4 heterocycles. The van der Waals surface area contributed by atoms with Crippen LogP contribution < -0.4 is 4.90 Å². The summed E-state index contributed by atoms with van der Waals surface area (Å²) in [6.07, 6.45) is 5.35. The molecule has 8 heteroatoms. The summed E-state index contributed by atoms with van der Waals surface area (Å²) in [5.74, 6) is -0.466. The Morgan fingerprint density at radius 3 is 3.09 bits per heavy atom. The average molecular weight is 318 g/mol. The van der Waals surface area contributed by atoms with Crippen LogP contribution in [0.4, 0.5) is 5.95 Å². The lowest BCUT2D eigenvalue weighted by molar-refractivity contribution is -0.133. The Kier molecular flexibility index (Phi) is 3.42. The van der Waals surface area contributed by atoms with E-state index < -0.39 is 5.97 Å². The van der Waals surface area contributed by atoms with E-state index >= 15 is 0 Å². The van der Waals surface area contributed by atoms with E-state index in [1.807, 2.05) is 4.40 Å². The van der Waals surface area contributed by atoms with Gasteiger partial charge in [-0.1, -0.05) is 0 Å². The number of carboxylic acids is 1. The van der Waals surface area contributed by atoms with Crippen molar-refractivity contribution in [2.24, 2.45) is 0 Å². The van der Waals surface area contributed by atoms with Gasteiger partial charge in [0.25, 0.3) is 0 Å². The Hall–Kier alpha value is -2.19. The Morgan fingerprint density at radius 1 is 1.39 bits per heavy atom. The second-order valence-electron chi connectivity index (χ2n) is 6.01. The van der Waals surface area contributed by atoms with Gasteiger partial charge in [-0.3, -0.25) is 4.40 Å². The predicted octanol–water partition coefficient (Wildman–Crippen LogP) is 0.813. The molecule has 0 radical (unpaired) electrons. The first-order valence-corrected chi connectivity index (χ1v) is 7.71. The minimum atomic E-state index is -1.05. The van der Waals surface area contributed by atoms with Crippen LogP contribution in [0.25, 0.3) is 5.65 Å². The third kappa shape index (κ3) is 2.53. The number of carboxylic acid groups (broad SMARTS) is 1. The van der Waals surface area contributed by atoms with Crippen LogP contribution in [0.2, 0.25) is 0 Å². The SMILES string of the molecule is O=C(O)c1cc2nccn2c(N2CCOC3(CCCOC3)C2)n1. The number of hydrogen-bond acceptors (Lipinski definition) is 6. The summed E-state index contributed by atoms with van der Waals surface area (Å²) in [5.41, 5.74) is 0.247. The fraction of sp³-hybridized carbons (Fsp3) is 0.533. The Morgan fingerprint density at radius 2 is 2.30 bits per heavy atom. The monoisotopic (exact) mass is 318 g/mol. The summed E-state index contributed by atoms with van der Waals surface area (Å²) in [6.45, 7) is 3.19. The molecule has 1 unspecified atom stereocenters. The van der Waals surface area contributed by atoms with Gasteiger partial charge in [-0.2, -0.15) is 0 Å². The lowest BCUT2D eigenvalue weighted by Crippen LogP contribution is -2.56. The highest BCUT2D eigenvalue weighted by Gasteiger charge is 2.39. The number of carbonyl (C=O) groups is 1. The number of hydrogen-bond donors (Lipinski definition) is 1. The molecule has 0 saturated carbocycles. The van der Waals surface area contributed by atoms with Gasteiger partial charge in [0, 0.05) is 31.6 Å². The van der Waals surface area contributed by atoms with Gasteiger partial charge >= 0.3 is 5.97 Å². The topological polar surface area (TPSA) is 89.2 Å². The molecule has 1 atom stereocenters. The van der Waals surface area contributed by atoms with Gasteiger partial charge in [0.2, 0.25) is 5.95 Å². The number of rotatable bonds is 2. The first-order chi connectivity index (χ1) is 11.2. The number of nitrogens with zero attached hydrogens (tertiary/aromatic N) is 4. The van der Waals surface area contributed by atoms with E-state index in [1.165, 1.54) is 6.07 Å². The van der Waals surface area contributed by atoms with Crippen molar-refractivity contribution in [1.29, 1.82) is 0 Å². The van der Waals surface area contributed by atoms with E-state index in [9.17, 15) is 9.90 Å². The van der Waals surface area contributed by atoms with Crippen molar-refractivity contribution >= 4 is 17.6 Å². The summed E-state index contributed by atoms with van der Waals surface area (Å²) in [6, 6.07) is 1.48. The second kappa shape index (κ2) is 5.47. The van der Waals surface area contributed by atoms with Crippen LogP contribution in [0.1, 0.15) is 23.3 Å². The van der Waals surface area contributed by atoms with Crippen molar-refractivity contribution in [3.63, 3.8) is 0 Å². The minimum absolute atomic E-state index is 0.000800. The van der Waals surface area contributed by atoms with E-state index in [1.54, 1.807) is 12.4 Å². The van der Waals surface area contributed by atoms with Crippen LogP contribution in [-0.2, 0) is 9.47 Å². The summed E-state index contributed by atoms with van der Waals surface area (Å²) in [7, 11) is 0. The van der Waals surface area contributed by atoms with Crippen LogP contribution in [0.3, 0.4) is 0 Å². The molecule has 23 heavy (non-hydrogen) atoms. The largest absolute Gasteiger partial charge is 0.477 e.